The molecule has 0 amide bonds. The van der Waals surface area contributed by atoms with Crippen LogP contribution in [0.15, 0.2) is 15.7 Å². The summed E-state index contributed by atoms with van der Waals surface area (Å²) in [6, 6.07) is 2.42. The molecule has 1 aromatic heterocycles. The lowest BCUT2D eigenvalue weighted by atomic mass is 9.99. The molecule has 1 aromatic rings. The van der Waals surface area contributed by atoms with Crippen LogP contribution in [0.3, 0.4) is 0 Å². The fourth-order valence-corrected chi connectivity index (χ4v) is 4.08. The lowest BCUT2D eigenvalue weighted by molar-refractivity contribution is 0.415. The first-order valence-electron chi connectivity index (χ1n) is 7.19. The predicted octanol–water partition coefficient (Wildman–Crippen LogP) is 2.57. The molecule has 0 aromatic carbocycles. The first-order chi connectivity index (χ1) is 9.38. The minimum absolute atomic E-state index is 0.334. The van der Waals surface area contributed by atoms with Gasteiger partial charge >= 0.3 is 0 Å². The van der Waals surface area contributed by atoms with Crippen molar-refractivity contribution in [3.63, 3.8) is 0 Å². The van der Waals surface area contributed by atoms with Crippen LogP contribution in [-0.2, 0) is 16.6 Å². The summed E-state index contributed by atoms with van der Waals surface area (Å²) in [6.07, 6.45) is 2.48. The zero-order chi connectivity index (χ0) is 14.8. The Kier molecular flexibility index (Phi) is 5.23. The average Bonchev–Trinajstić information content (AvgIpc) is 3.09. The first-order valence-corrected chi connectivity index (χ1v) is 9.55. The second-order valence-electron chi connectivity index (χ2n) is 6.00. The summed E-state index contributed by atoms with van der Waals surface area (Å²) in [5.74, 6) is 0.806. The van der Waals surface area contributed by atoms with E-state index >= 15 is 0 Å². The Balaban J connectivity index is 1.90. The van der Waals surface area contributed by atoms with Crippen molar-refractivity contribution < 1.29 is 8.42 Å². The maximum absolute atomic E-state index is 12.2. The van der Waals surface area contributed by atoms with E-state index in [0.717, 1.165) is 12.1 Å². The Morgan fingerprint density at radius 3 is 2.65 bits per heavy atom. The van der Waals surface area contributed by atoms with Crippen molar-refractivity contribution in [3.05, 3.63) is 17.0 Å². The van der Waals surface area contributed by atoms with Gasteiger partial charge in [0.1, 0.15) is 4.21 Å². The van der Waals surface area contributed by atoms with E-state index in [1.54, 1.807) is 6.07 Å². The smallest absolute Gasteiger partial charge is 0.250 e. The summed E-state index contributed by atoms with van der Waals surface area (Å²) in [5.41, 5.74) is 1.05. The summed E-state index contributed by atoms with van der Waals surface area (Å²) in [7, 11) is -3.35. The van der Waals surface area contributed by atoms with E-state index in [2.05, 4.69) is 30.8 Å². The number of rotatable bonds is 8. The van der Waals surface area contributed by atoms with Crippen LogP contribution in [0, 0.1) is 11.8 Å². The van der Waals surface area contributed by atoms with E-state index in [-0.39, 0.29) is 0 Å². The predicted molar refractivity (Wildman–Crippen MR) is 83.4 cm³/mol. The highest BCUT2D eigenvalue weighted by atomic mass is 32.2. The van der Waals surface area contributed by atoms with Crippen LogP contribution in [-0.4, -0.2) is 21.0 Å². The van der Waals surface area contributed by atoms with Crippen molar-refractivity contribution in [1.29, 1.82) is 0 Å². The van der Waals surface area contributed by atoms with Gasteiger partial charge in [-0.3, -0.25) is 0 Å². The summed E-state index contributed by atoms with van der Waals surface area (Å²) in [4.78, 5) is 0. The highest BCUT2D eigenvalue weighted by Gasteiger charge is 2.21. The van der Waals surface area contributed by atoms with E-state index in [9.17, 15) is 8.42 Å². The van der Waals surface area contributed by atoms with Gasteiger partial charge in [-0.1, -0.05) is 20.8 Å². The van der Waals surface area contributed by atoms with E-state index in [0.29, 0.717) is 28.6 Å². The van der Waals surface area contributed by atoms with Gasteiger partial charge in [0.15, 0.2) is 0 Å². The van der Waals surface area contributed by atoms with E-state index in [1.807, 2.05) is 5.38 Å². The molecule has 114 valence electrons. The molecular formula is C14H24N2O2S2. The molecule has 0 spiro atoms. The minimum Gasteiger partial charge on any atom is -0.310 e. The topological polar surface area (TPSA) is 58.2 Å². The number of sulfonamides is 1. The molecule has 1 aliphatic rings. The molecule has 2 N–H and O–H groups in total. The van der Waals surface area contributed by atoms with Crippen LogP contribution >= 0.6 is 11.3 Å². The SMILES string of the molecule is CC(C)C(C)CNS(=O)(=O)c1cc(CNC2CC2)cs1. The second-order valence-corrected chi connectivity index (χ2v) is 8.91. The van der Waals surface area contributed by atoms with Gasteiger partial charge in [0, 0.05) is 19.1 Å². The minimum atomic E-state index is -3.35. The maximum atomic E-state index is 12.2. The monoisotopic (exact) mass is 316 g/mol. The van der Waals surface area contributed by atoms with Crippen LogP contribution in [0.25, 0.3) is 0 Å². The average molecular weight is 316 g/mol. The van der Waals surface area contributed by atoms with Crippen molar-refractivity contribution >= 4 is 21.4 Å². The lowest BCUT2D eigenvalue weighted by Gasteiger charge is -2.15. The molecule has 1 fully saturated rings. The van der Waals surface area contributed by atoms with Gasteiger partial charge in [0.05, 0.1) is 0 Å². The molecule has 1 aliphatic carbocycles. The molecule has 20 heavy (non-hydrogen) atoms. The van der Waals surface area contributed by atoms with Crippen LogP contribution in [0.1, 0.15) is 39.2 Å². The fraction of sp³-hybridized carbons (Fsp3) is 0.714. The Hall–Kier alpha value is -0.430. The highest BCUT2D eigenvalue weighted by Crippen LogP contribution is 2.23. The maximum Gasteiger partial charge on any atom is 0.250 e. The van der Waals surface area contributed by atoms with Gasteiger partial charge in [-0.05, 0) is 41.7 Å². The van der Waals surface area contributed by atoms with Gasteiger partial charge in [-0.25, -0.2) is 13.1 Å². The summed E-state index contributed by atoms with van der Waals surface area (Å²) >= 11 is 1.30. The molecule has 0 radical (unpaired) electrons. The van der Waals surface area contributed by atoms with Crippen LogP contribution in [0.5, 0.6) is 0 Å². The van der Waals surface area contributed by atoms with E-state index in [1.165, 1.54) is 24.2 Å². The van der Waals surface area contributed by atoms with E-state index < -0.39 is 10.0 Å². The number of hydrogen-bond donors (Lipinski definition) is 2. The molecule has 0 saturated heterocycles. The summed E-state index contributed by atoms with van der Waals surface area (Å²) < 4.78 is 27.5. The lowest BCUT2D eigenvalue weighted by Crippen LogP contribution is -2.29. The van der Waals surface area contributed by atoms with Gasteiger partial charge in [-0.2, -0.15) is 0 Å². The Labute approximate surface area is 126 Å². The molecule has 1 heterocycles. The molecule has 1 saturated carbocycles. The van der Waals surface area contributed by atoms with Crippen LogP contribution < -0.4 is 10.0 Å². The standard InChI is InChI=1S/C14H24N2O2S2/c1-10(2)11(3)7-16-20(17,18)14-6-12(9-19-14)8-15-13-4-5-13/h6,9-11,13,15-16H,4-5,7-8H2,1-3H3. The Morgan fingerprint density at radius 1 is 1.35 bits per heavy atom. The molecule has 1 atom stereocenters. The number of nitrogens with one attached hydrogen (secondary N) is 2. The van der Waals surface area contributed by atoms with Crippen LogP contribution in [0.4, 0.5) is 0 Å². The molecule has 2 rings (SSSR count). The third-order valence-corrected chi connectivity index (χ3v) is 6.71. The fourth-order valence-electron chi connectivity index (χ4n) is 1.68. The second kappa shape index (κ2) is 6.56. The Morgan fingerprint density at radius 2 is 2.05 bits per heavy atom. The summed E-state index contributed by atoms with van der Waals surface area (Å²) in [6.45, 7) is 7.52. The molecule has 6 heteroatoms. The quantitative estimate of drug-likeness (QED) is 0.775. The van der Waals surface area contributed by atoms with Gasteiger partial charge in [0.25, 0.3) is 0 Å². The molecule has 4 nitrogen and oxygen atoms in total. The van der Waals surface area contributed by atoms with Crippen LogP contribution in [0.2, 0.25) is 0 Å². The number of thiophene rings is 1. The largest absolute Gasteiger partial charge is 0.310 e. The van der Waals surface area contributed by atoms with Gasteiger partial charge in [0.2, 0.25) is 10.0 Å². The van der Waals surface area contributed by atoms with Gasteiger partial charge in [-0.15, -0.1) is 11.3 Å². The molecule has 1 unspecified atom stereocenters. The Bertz CT molecular complexity index is 533. The van der Waals surface area contributed by atoms with Crippen molar-refractivity contribution in [2.75, 3.05) is 6.54 Å². The van der Waals surface area contributed by atoms with E-state index in [4.69, 9.17) is 0 Å². The van der Waals surface area contributed by atoms with Crippen molar-refractivity contribution in [3.8, 4) is 0 Å². The zero-order valence-corrected chi connectivity index (χ0v) is 14.0. The van der Waals surface area contributed by atoms with Crippen molar-refractivity contribution in [2.45, 2.75) is 50.4 Å². The molecule has 0 aliphatic heterocycles. The van der Waals surface area contributed by atoms with Crippen molar-refractivity contribution in [1.82, 2.24) is 10.0 Å². The number of hydrogen-bond acceptors (Lipinski definition) is 4. The third kappa shape index (κ3) is 4.55. The summed E-state index contributed by atoms with van der Waals surface area (Å²) in [5, 5.41) is 5.32. The molecule has 0 bridgehead atoms. The molecular weight excluding hydrogens is 292 g/mol. The zero-order valence-electron chi connectivity index (χ0n) is 12.3. The van der Waals surface area contributed by atoms with Crippen molar-refractivity contribution in [2.24, 2.45) is 11.8 Å². The normalized spacial score (nSPS) is 17.6. The highest BCUT2D eigenvalue weighted by molar-refractivity contribution is 7.91. The van der Waals surface area contributed by atoms with Gasteiger partial charge < -0.3 is 5.32 Å². The third-order valence-electron chi connectivity index (χ3n) is 3.80. The first kappa shape index (κ1) is 15.9.